The van der Waals surface area contributed by atoms with E-state index in [2.05, 4.69) is 10.6 Å². The van der Waals surface area contributed by atoms with Gasteiger partial charge in [0.2, 0.25) is 5.91 Å². The standard InChI is InChI=1S/C12H24N2O3/c1-6-7-8-9(10(15)13-5)14-11(16)17-12(2,3)4/h9H,6-8H2,1-5H3,(H,13,15)(H,14,16)/t9-/m1/s1. The van der Waals surface area contributed by atoms with Crippen molar-refractivity contribution in [3.8, 4) is 0 Å². The highest BCUT2D eigenvalue weighted by Gasteiger charge is 2.22. The summed E-state index contributed by atoms with van der Waals surface area (Å²) in [4.78, 5) is 23.1. The molecule has 0 spiro atoms. The minimum absolute atomic E-state index is 0.190. The third-order valence-electron chi connectivity index (χ3n) is 2.10. The molecule has 2 N–H and O–H groups in total. The molecule has 0 aliphatic carbocycles. The summed E-state index contributed by atoms with van der Waals surface area (Å²) in [6.45, 7) is 7.39. The van der Waals surface area contributed by atoms with Crippen LogP contribution in [0.1, 0.15) is 47.0 Å². The molecule has 0 aliphatic heterocycles. The molecule has 0 aliphatic rings. The van der Waals surface area contributed by atoms with Crippen LogP contribution in [0.2, 0.25) is 0 Å². The van der Waals surface area contributed by atoms with E-state index in [-0.39, 0.29) is 5.91 Å². The van der Waals surface area contributed by atoms with Gasteiger partial charge in [-0.15, -0.1) is 0 Å². The first-order chi connectivity index (χ1) is 7.80. The second kappa shape index (κ2) is 7.14. The fourth-order valence-corrected chi connectivity index (χ4v) is 1.30. The number of hydrogen-bond donors (Lipinski definition) is 2. The van der Waals surface area contributed by atoms with Crippen LogP contribution in [0.5, 0.6) is 0 Å². The van der Waals surface area contributed by atoms with Gasteiger partial charge in [0.25, 0.3) is 0 Å². The van der Waals surface area contributed by atoms with E-state index in [1.165, 1.54) is 0 Å². The van der Waals surface area contributed by atoms with E-state index in [1.54, 1.807) is 27.8 Å². The molecule has 5 nitrogen and oxygen atoms in total. The molecular weight excluding hydrogens is 220 g/mol. The van der Waals surface area contributed by atoms with Gasteiger partial charge in [-0.05, 0) is 27.2 Å². The van der Waals surface area contributed by atoms with Crippen LogP contribution in [0, 0.1) is 0 Å². The number of carbonyl (C=O) groups is 2. The zero-order valence-corrected chi connectivity index (χ0v) is 11.4. The third kappa shape index (κ3) is 7.60. The molecule has 0 aromatic rings. The monoisotopic (exact) mass is 244 g/mol. The van der Waals surface area contributed by atoms with E-state index in [4.69, 9.17) is 4.74 Å². The average molecular weight is 244 g/mol. The van der Waals surface area contributed by atoms with Gasteiger partial charge in [-0.1, -0.05) is 19.8 Å². The highest BCUT2D eigenvalue weighted by Crippen LogP contribution is 2.08. The van der Waals surface area contributed by atoms with Crippen molar-refractivity contribution >= 4 is 12.0 Å². The minimum Gasteiger partial charge on any atom is -0.444 e. The molecule has 0 radical (unpaired) electrons. The molecular formula is C12H24N2O3. The van der Waals surface area contributed by atoms with Crippen LogP contribution in [0.3, 0.4) is 0 Å². The van der Waals surface area contributed by atoms with Gasteiger partial charge in [-0.25, -0.2) is 4.79 Å². The number of unbranched alkanes of at least 4 members (excludes halogenated alkanes) is 1. The van der Waals surface area contributed by atoms with Crippen molar-refractivity contribution < 1.29 is 14.3 Å². The lowest BCUT2D eigenvalue weighted by molar-refractivity contribution is -0.122. The Kier molecular flexibility index (Phi) is 6.61. The minimum atomic E-state index is -0.554. The Morgan fingerprint density at radius 3 is 2.29 bits per heavy atom. The molecule has 0 saturated heterocycles. The van der Waals surface area contributed by atoms with Gasteiger partial charge >= 0.3 is 6.09 Å². The van der Waals surface area contributed by atoms with Crippen LogP contribution in [-0.4, -0.2) is 30.7 Å². The summed E-state index contributed by atoms with van der Waals surface area (Å²) < 4.78 is 5.11. The lowest BCUT2D eigenvalue weighted by Gasteiger charge is -2.22. The van der Waals surface area contributed by atoms with Crippen molar-refractivity contribution in [2.45, 2.75) is 58.6 Å². The number of carbonyl (C=O) groups excluding carboxylic acids is 2. The summed E-state index contributed by atoms with van der Waals surface area (Å²) in [5.41, 5.74) is -0.553. The van der Waals surface area contributed by atoms with Crippen molar-refractivity contribution in [3.05, 3.63) is 0 Å². The van der Waals surface area contributed by atoms with Gasteiger partial charge in [0, 0.05) is 7.05 Å². The van der Waals surface area contributed by atoms with Gasteiger partial charge in [-0.2, -0.15) is 0 Å². The second-order valence-corrected chi connectivity index (χ2v) is 4.96. The maximum atomic E-state index is 11.5. The largest absolute Gasteiger partial charge is 0.444 e. The number of ether oxygens (including phenoxy) is 1. The fourth-order valence-electron chi connectivity index (χ4n) is 1.30. The Balaban J connectivity index is 4.32. The molecule has 0 aromatic heterocycles. The van der Waals surface area contributed by atoms with Crippen LogP contribution in [-0.2, 0) is 9.53 Å². The summed E-state index contributed by atoms with van der Waals surface area (Å²) in [7, 11) is 1.55. The summed E-state index contributed by atoms with van der Waals surface area (Å²) in [6, 6.07) is -0.519. The molecule has 0 bridgehead atoms. The summed E-state index contributed by atoms with van der Waals surface area (Å²) >= 11 is 0. The molecule has 2 amide bonds. The Hall–Kier alpha value is -1.26. The van der Waals surface area contributed by atoms with Crippen LogP contribution in [0.15, 0.2) is 0 Å². The second-order valence-electron chi connectivity index (χ2n) is 4.96. The van der Waals surface area contributed by atoms with Crippen molar-refractivity contribution in [2.75, 3.05) is 7.05 Å². The number of rotatable bonds is 5. The van der Waals surface area contributed by atoms with E-state index in [0.717, 1.165) is 12.8 Å². The normalized spacial score (nSPS) is 12.8. The number of likely N-dealkylation sites (N-methyl/N-ethyl adjacent to an activating group) is 1. The molecule has 0 unspecified atom stereocenters. The zero-order chi connectivity index (χ0) is 13.5. The topological polar surface area (TPSA) is 67.4 Å². The van der Waals surface area contributed by atoms with Gasteiger partial charge in [0.05, 0.1) is 0 Å². The van der Waals surface area contributed by atoms with E-state index in [0.29, 0.717) is 6.42 Å². The maximum Gasteiger partial charge on any atom is 0.408 e. The van der Waals surface area contributed by atoms with Crippen molar-refractivity contribution in [1.29, 1.82) is 0 Å². The Bertz CT molecular complexity index is 259. The van der Waals surface area contributed by atoms with Crippen molar-refractivity contribution in [1.82, 2.24) is 10.6 Å². The van der Waals surface area contributed by atoms with Crippen LogP contribution >= 0.6 is 0 Å². The summed E-state index contributed by atoms with van der Waals surface area (Å²) in [6.07, 6.45) is 1.93. The zero-order valence-electron chi connectivity index (χ0n) is 11.4. The number of hydrogen-bond acceptors (Lipinski definition) is 3. The van der Waals surface area contributed by atoms with Gasteiger partial charge < -0.3 is 15.4 Å². The summed E-state index contributed by atoms with van der Waals surface area (Å²) in [5.74, 6) is -0.190. The molecule has 0 aromatic carbocycles. The Labute approximate surface area is 103 Å². The van der Waals surface area contributed by atoms with E-state index in [9.17, 15) is 9.59 Å². The molecule has 0 heterocycles. The lowest BCUT2D eigenvalue weighted by atomic mass is 10.1. The average Bonchev–Trinajstić information content (AvgIpc) is 2.20. The Morgan fingerprint density at radius 2 is 1.88 bits per heavy atom. The van der Waals surface area contributed by atoms with Gasteiger partial charge in [0.15, 0.2) is 0 Å². The molecule has 5 heteroatoms. The van der Waals surface area contributed by atoms with Gasteiger partial charge in [0.1, 0.15) is 11.6 Å². The predicted octanol–water partition coefficient (Wildman–Crippen LogP) is 1.82. The Morgan fingerprint density at radius 1 is 1.29 bits per heavy atom. The molecule has 0 saturated carbocycles. The number of alkyl carbamates (subject to hydrolysis) is 1. The number of amides is 2. The van der Waals surface area contributed by atoms with Crippen molar-refractivity contribution in [2.24, 2.45) is 0 Å². The molecule has 0 rings (SSSR count). The van der Waals surface area contributed by atoms with E-state index in [1.807, 2.05) is 6.92 Å². The molecule has 0 fully saturated rings. The highest BCUT2D eigenvalue weighted by molar-refractivity contribution is 5.85. The van der Waals surface area contributed by atoms with Crippen LogP contribution in [0.25, 0.3) is 0 Å². The maximum absolute atomic E-state index is 11.5. The predicted molar refractivity (Wildman–Crippen MR) is 66.7 cm³/mol. The first-order valence-electron chi connectivity index (χ1n) is 6.01. The smallest absolute Gasteiger partial charge is 0.408 e. The lowest BCUT2D eigenvalue weighted by Crippen LogP contribution is -2.47. The van der Waals surface area contributed by atoms with Gasteiger partial charge in [-0.3, -0.25) is 4.79 Å². The molecule has 100 valence electrons. The third-order valence-corrected chi connectivity index (χ3v) is 2.10. The first-order valence-corrected chi connectivity index (χ1v) is 6.01. The summed E-state index contributed by atoms with van der Waals surface area (Å²) in [5, 5.41) is 5.12. The molecule has 1 atom stereocenters. The SMILES string of the molecule is CCCC[C@@H](NC(=O)OC(C)(C)C)C(=O)NC. The van der Waals surface area contributed by atoms with Crippen molar-refractivity contribution in [3.63, 3.8) is 0 Å². The molecule has 17 heavy (non-hydrogen) atoms. The van der Waals surface area contributed by atoms with E-state index < -0.39 is 17.7 Å². The fraction of sp³-hybridized carbons (Fsp3) is 0.833. The quantitative estimate of drug-likeness (QED) is 0.775. The van der Waals surface area contributed by atoms with E-state index >= 15 is 0 Å². The highest BCUT2D eigenvalue weighted by atomic mass is 16.6. The van der Waals surface area contributed by atoms with Crippen LogP contribution in [0.4, 0.5) is 4.79 Å². The van der Waals surface area contributed by atoms with Crippen LogP contribution < -0.4 is 10.6 Å². The first kappa shape index (κ1) is 15.7. The number of nitrogens with one attached hydrogen (secondary N) is 2.